The molecule has 9 nitrogen and oxygen atoms in total. The number of nitrogens with zero attached hydrogens (tertiary/aromatic N) is 1. The van der Waals surface area contributed by atoms with Crippen molar-refractivity contribution in [2.24, 2.45) is 0 Å². The highest BCUT2D eigenvalue weighted by molar-refractivity contribution is 6.32. The van der Waals surface area contributed by atoms with Crippen LogP contribution in [0.3, 0.4) is 0 Å². The van der Waals surface area contributed by atoms with Crippen LogP contribution >= 0.6 is 11.6 Å². The largest absolute Gasteiger partial charge is 0.490 e. The summed E-state index contributed by atoms with van der Waals surface area (Å²) in [6, 6.07) is 26.7. The summed E-state index contributed by atoms with van der Waals surface area (Å²) in [7, 11) is 1.28. The average molecular weight is 641 g/mol. The molecular formula is C36H33ClN2O7. The molecule has 0 aliphatic carbocycles. The minimum Gasteiger partial charge on any atom is -0.490 e. The van der Waals surface area contributed by atoms with Gasteiger partial charge in [-0.3, -0.25) is 4.79 Å². The van der Waals surface area contributed by atoms with E-state index in [0.29, 0.717) is 59.6 Å². The van der Waals surface area contributed by atoms with Crippen molar-refractivity contribution in [3.63, 3.8) is 0 Å². The number of esters is 1. The third-order valence-corrected chi connectivity index (χ3v) is 6.78. The number of hydrogen-bond donors (Lipinski definition) is 1. The van der Waals surface area contributed by atoms with Crippen molar-refractivity contribution in [3.8, 4) is 29.1 Å². The van der Waals surface area contributed by atoms with Crippen LogP contribution in [-0.4, -0.2) is 32.2 Å². The predicted octanol–water partition coefficient (Wildman–Crippen LogP) is 7.63. The lowest BCUT2D eigenvalue weighted by Gasteiger charge is -2.16. The molecule has 1 N–H and O–H groups in total. The van der Waals surface area contributed by atoms with Crippen LogP contribution in [0.15, 0.2) is 90.5 Å². The first-order chi connectivity index (χ1) is 22.3. The highest BCUT2D eigenvalue weighted by Crippen LogP contribution is 2.38. The molecule has 0 fully saturated rings. The van der Waals surface area contributed by atoms with E-state index in [4.69, 9.17) is 30.5 Å². The fourth-order valence-corrected chi connectivity index (χ4v) is 4.59. The van der Waals surface area contributed by atoms with Crippen molar-refractivity contribution < 1.29 is 33.3 Å². The molecule has 0 saturated heterocycles. The fourth-order valence-electron chi connectivity index (χ4n) is 4.32. The molecule has 10 heteroatoms. The Hall–Kier alpha value is -5.46. The van der Waals surface area contributed by atoms with Crippen LogP contribution in [0.25, 0.3) is 6.08 Å². The molecule has 4 aromatic carbocycles. The van der Waals surface area contributed by atoms with Crippen molar-refractivity contribution in [2.75, 3.05) is 25.6 Å². The normalized spacial score (nSPS) is 10.8. The zero-order valence-corrected chi connectivity index (χ0v) is 26.4. The van der Waals surface area contributed by atoms with Gasteiger partial charge in [0.05, 0.1) is 30.9 Å². The molecule has 0 atom stereocenters. The molecule has 0 aromatic heterocycles. The standard InChI is InChI=1S/C36H33ClN2O7/c1-4-43-32-19-25(11-16-31(32)45-22-24-9-7-6-8-10-24)23-46-34-30(37)18-26(20-33(34)44-5-2)17-28(21-38)35(40)39-29-14-12-27(13-15-29)36(41)42-3/h6-20H,4-5,22-23H2,1-3H3,(H,39,40)/b28-17-. The molecule has 0 radical (unpaired) electrons. The van der Waals surface area contributed by atoms with Crippen molar-refractivity contribution in [3.05, 3.63) is 118 Å². The number of hydrogen-bond acceptors (Lipinski definition) is 8. The number of nitriles is 1. The van der Waals surface area contributed by atoms with Gasteiger partial charge in [0.25, 0.3) is 5.91 Å². The monoisotopic (exact) mass is 640 g/mol. The number of anilines is 1. The molecule has 236 valence electrons. The number of methoxy groups -OCH3 is 1. The molecule has 46 heavy (non-hydrogen) atoms. The smallest absolute Gasteiger partial charge is 0.337 e. The van der Waals surface area contributed by atoms with Crippen LogP contribution in [0.5, 0.6) is 23.0 Å². The third-order valence-electron chi connectivity index (χ3n) is 6.50. The molecule has 4 rings (SSSR count). The van der Waals surface area contributed by atoms with Gasteiger partial charge in [-0.15, -0.1) is 0 Å². The Morgan fingerprint density at radius 1 is 0.804 bits per heavy atom. The first kappa shape index (κ1) is 33.4. The van der Waals surface area contributed by atoms with Crippen molar-refractivity contribution in [1.29, 1.82) is 5.26 Å². The number of carbonyl (C=O) groups excluding carboxylic acids is 2. The number of nitrogens with one attached hydrogen (secondary N) is 1. The van der Waals surface area contributed by atoms with Crippen LogP contribution in [0.4, 0.5) is 5.69 Å². The van der Waals surface area contributed by atoms with Crippen molar-refractivity contribution >= 4 is 35.2 Å². The zero-order valence-electron chi connectivity index (χ0n) is 25.7. The summed E-state index contributed by atoms with van der Waals surface area (Å²) in [6.07, 6.45) is 1.40. The van der Waals surface area contributed by atoms with Gasteiger partial charge in [-0.1, -0.05) is 48.0 Å². The summed E-state index contributed by atoms with van der Waals surface area (Å²) in [5.74, 6) is 0.750. The van der Waals surface area contributed by atoms with Crippen LogP contribution in [0.2, 0.25) is 5.02 Å². The molecule has 0 aliphatic heterocycles. The zero-order chi connectivity index (χ0) is 32.9. The van der Waals surface area contributed by atoms with E-state index >= 15 is 0 Å². The highest BCUT2D eigenvalue weighted by atomic mass is 35.5. The van der Waals surface area contributed by atoms with Crippen LogP contribution in [0, 0.1) is 11.3 Å². The van der Waals surface area contributed by atoms with Crippen molar-refractivity contribution in [1.82, 2.24) is 0 Å². The van der Waals surface area contributed by atoms with E-state index in [0.717, 1.165) is 11.1 Å². The predicted molar refractivity (Wildman–Crippen MR) is 175 cm³/mol. The number of carbonyl (C=O) groups is 2. The number of halogens is 1. The Bertz CT molecular complexity index is 1730. The lowest BCUT2D eigenvalue weighted by atomic mass is 10.1. The Morgan fingerprint density at radius 3 is 2.17 bits per heavy atom. The summed E-state index contributed by atoms with van der Waals surface area (Å²) in [5.41, 5.74) is 2.90. The van der Waals surface area contributed by atoms with E-state index in [9.17, 15) is 14.9 Å². The molecule has 0 unspecified atom stereocenters. The van der Waals surface area contributed by atoms with E-state index in [1.54, 1.807) is 12.1 Å². The summed E-state index contributed by atoms with van der Waals surface area (Å²) in [6.45, 7) is 5.08. The molecule has 0 bridgehead atoms. The first-order valence-corrected chi connectivity index (χ1v) is 14.9. The second-order valence-corrected chi connectivity index (χ2v) is 10.1. The topological polar surface area (TPSA) is 116 Å². The van der Waals surface area contributed by atoms with E-state index in [2.05, 4.69) is 10.1 Å². The van der Waals surface area contributed by atoms with Gasteiger partial charge >= 0.3 is 5.97 Å². The summed E-state index contributed by atoms with van der Waals surface area (Å²) in [4.78, 5) is 24.5. The van der Waals surface area contributed by atoms with Gasteiger partial charge in [0.15, 0.2) is 23.0 Å². The Morgan fingerprint density at radius 2 is 1.50 bits per heavy atom. The molecule has 0 saturated carbocycles. The summed E-state index contributed by atoms with van der Waals surface area (Å²) >= 11 is 6.63. The van der Waals surface area contributed by atoms with Crippen molar-refractivity contribution in [2.45, 2.75) is 27.1 Å². The van der Waals surface area contributed by atoms with E-state index in [1.165, 1.54) is 37.5 Å². The maximum absolute atomic E-state index is 12.9. The molecule has 0 aliphatic rings. The van der Waals surface area contributed by atoms with Gasteiger partial charge in [0, 0.05) is 5.69 Å². The second-order valence-electron chi connectivity index (χ2n) is 9.73. The lowest BCUT2D eigenvalue weighted by Crippen LogP contribution is -2.13. The molecule has 0 spiro atoms. The molecule has 4 aromatic rings. The minimum absolute atomic E-state index is 0.161. The minimum atomic E-state index is -0.635. The molecular weight excluding hydrogens is 608 g/mol. The van der Waals surface area contributed by atoms with Gasteiger partial charge in [-0.05, 0) is 85.1 Å². The maximum atomic E-state index is 12.9. The molecule has 1 amide bonds. The van der Waals surface area contributed by atoms with Gasteiger partial charge in [0.1, 0.15) is 24.9 Å². The van der Waals surface area contributed by atoms with Crippen LogP contribution < -0.4 is 24.3 Å². The summed E-state index contributed by atoms with van der Waals surface area (Å²) in [5, 5.41) is 12.6. The third kappa shape index (κ3) is 9.03. The fraction of sp³-hybridized carbons (Fsp3) is 0.194. The Balaban J connectivity index is 1.49. The van der Waals surface area contributed by atoms with Gasteiger partial charge in [-0.2, -0.15) is 5.26 Å². The number of benzene rings is 4. The average Bonchev–Trinajstić information content (AvgIpc) is 3.07. The van der Waals surface area contributed by atoms with E-state index in [1.807, 2.05) is 68.4 Å². The lowest BCUT2D eigenvalue weighted by molar-refractivity contribution is -0.112. The van der Waals surface area contributed by atoms with E-state index < -0.39 is 11.9 Å². The van der Waals surface area contributed by atoms with Crippen LogP contribution in [-0.2, 0) is 22.7 Å². The number of amides is 1. The maximum Gasteiger partial charge on any atom is 0.337 e. The van der Waals surface area contributed by atoms with Gasteiger partial charge < -0.3 is 29.0 Å². The number of rotatable bonds is 14. The summed E-state index contributed by atoms with van der Waals surface area (Å²) < 4.78 is 28.4. The Kier molecular flexibility index (Phi) is 12.0. The quantitative estimate of drug-likeness (QED) is 0.0850. The van der Waals surface area contributed by atoms with E-state index in [-0.39, 0.29) is 17.2 Å². The number of ether oxygens (including phenoxy) is 5. The van der Waals surface area contributed by atoms with Gasteiger partial charge in [0.2, 0.25) is 0 Å². The second kappa shape index (κ2) is 16.6. The van der Waals surface area contributed by atoms with Gasteiger partial charge in [-0.25, -0.2) is 4.79 Å². The van der Waals surface area contributed by atoms with Crippen LogP contribution in [0.1, 0.15) is 40.9 Å². The SMILES string of the molecule is CCOc1cc(COc2c(Cl)cc(/C=C(/C#N)C(=O)Nc3ccc(C(=O)OC)cc3)cc2OCC)ccc1OCc1ccccc1. The molecule has 0 heterocycles. The highest BCUT2D eigenvalue weighted by Gasteiger charge is 2.16. The Labute approximate surface area is 272 Å². The first-order valence-electron chi connectivity index (χ1n) is 14.5.